The summed E-state index contributed by atoms with van der Waals surface area (Å²) in [4.78, 5) is 15.0. The molecule has 0 aromatic heterocycles. The summed E-state index contributed by atoms with van der Waals surface area (Å²) in [6, 6.07) is 10.9. The van der Waals surface area contributed by atoms with Gasteiger partial charge in [0.2, 0.25) is 5.91 Å². The highest BCUT2D eigenvalue weighted by atomic mass is 16.1. The molecule has 132 valence electrons. The van der Waals surface area contributed by atoms with E-state index in [1.807, 2.05) is 0 Å². The zero-order valence-corrected chi connectivity index (χ0v) is 15.0. The molecule has 0 saturated carbocycles. The van der Waals surface area contributed by atoms with Gasteiger partial charge in [0.15, 0.2) is 0 Å². The fraction of sp³-hybridized carbons (Fsp3) is 0.650. The van der Waals surface area contributed by atoms with Crippen LogP contribution in [0.4, 0.5) is 0 Å². The van der Waals surface area contributed by atoms with Gasteiger partial charge in [-0.2, -0.15) is 0 Å². The van der Waals surface area contributed by atoms with E-state index in [4.69, 9.17) is 0 Å². The van der Waals surface area contributed by atoms with Crippen LogP contribution in [0.15, 0.2) is 30.3 Å². The molecule has 2 heterocycles. The molecule has 4 heteroatoms. The number of benzene rings is 1. The molecule has 1 aromatic carbocycles. The molecule has 2 aliphatic heterocycles. The highest BCUT2D eigenvalue weighted by Gasteiger charge is 2.30. The molecule has 0 aliphatic carbocycles. The van der Waals surface area contributed by atoms with Crippen LogP contribution in [0.5, 0.6) is 0 Å². The van der Waals surface area contributed by atoms with E-state index in [0.717, 1.165) is 32.1 Å². The number of carbonyl (C=O) groups is 1. The smallest absolute Gasteiger partial charge is 0.223 e. The zero-order chi connectivity index (χ0) is 16.9. The second-order valence-electron chi connectivity index (χ2n) is 7.60. The van der Waals surface area contributed by atoms with Gasteiger partial charge in [0.25, 0.3) is 0 Å². The standard InChI is InChI=1S/C20H31N3O/c1-15-8-10-23(11-9-15)19(17-6-4-3-5-7-17)14-22-20(24)16(2)18-12-21-13-18/h3-7,15-16,18-19,21H,8-14H2,1-2H3,(H,22,24). The van der Waals surface area contributed by atoms with Crippen molar-refractivity contribution in [2.75, 3.05) is 32.7 Å². The summed E-state index contributed by atoms with van der Waals surface area (Å²) in [6.45, 7) is 9.30. The fourth-order valence-corrected chi connectivity index (χ4v) is 3.71. The quantitative estimate of drug-likeness (QED) is 0.842. The lowest BCUT2D eigenvalue weighted by Crippen LogP contribution is -2.50. The summed E-state index contributed by atoms with van der Waals surface area (Å²) in [5, 5.41) is 6.49. The average Bonchev–Trinajstić information content (AvgIpc) is 2.56. The lowest BCUT2D eigenvalue weighted by atomic mass is 9.88. The lowest BCUT2D eigenvalue weighted by molar-refractivity contribution is -0.127. The van der Waals surface area contributed by atoms with E-state index in [9.17, 15) is 4.79 Å². The summed E-state index contributed by atoms with van der Waals surface area (Å²) in [7, 11) is 0. The largest absolute Gasteiger partial charge is 0.354 e. The molecule has 0 spiro atoms. The molecule has 1 amide bonds. The van der Waals surface area contributed by atoms with Crippen molar-refractivity contribution in [1.29, 1.82) is 0 Å². The molecule has 3 rings (SSSR count). The van der Waals surface area contributed by atoms with Crippen molar-refractivity contribution >= 4 is 5.91 Å². The van der Waals surface area contributed by atoms with Crippen molar-refractivity contribution in [2.45, 2.75) is 32.7 Å². The molecule has 2 fully saturated rings. The minimum Gasteiger partial charge on any atom is -0.354 e. The maximum Gasteiger partial charge on any atom is 0.223 e. The molecule has 0 radical (unpaired) electrons. The molecule has 2 atom stereocenters. The van der Waals surface area contributed by atoms with Gasteiger partial charge in [-0.3, -0.25) is 9.69 Å². The van der Waals surface area contributed by atoms with Crippen molar-refractivity contribution in [3.8, 4) is 0 Å². The Hall–Kier alpha value is -1.39. The van der Waals surface area contributed by atoms with Crippen molar-refractivity contribution in [3.05, 3.63) is 35.9 Å². The van der Waals surface area contributed by atoms with Crippen LogP contribution in [0.2, 0.25) is 0 Å². The Morgan fingerprint density at radius 2 is 1.92 bits per heavy atom. The highest BCUT2D eigenvalue weighted by Crippen LogP contribution is 2.26. The Balaban J connectivity index is 1.62. The Bertz CT molecular complexity index is 521. The predicted octanol–water partition coefficient (Wildman–Crippen LogP) is 2.43. The molecule has 0 bridgehead atoms. The van der Waals surface area contributed by atoms with E-state index in [1.165, 1.54) is 18.4 Å². The van der Waals surface area contributed by atoms with Gasteiger partial charge in [-0.1, -0.05) is 44.2 Å². The summed E-state index contributed by atoms with van der Waals surface area (Å²) >= 11 is 0. The van der Waals surface area contributed by atoms with Crippen LogP contribution in [-0.4, -0.2) is 43.5 Å². The lowest BCUT2D eigenvalue weighted by Gasteiger charge is -2.37. The van der Waals surface area contributed by atoms with Crippen LogP contribution in [0, 0.1) is 17.8 Å². The number of piperidine rings is 1. The topological polar surface area (TPSA) is 44.4 Å². The number of hydrogen-bond acceptors (Lipinski definition) is 3. The van der Waals surface area contributed by atoms with Crippen LogP contribution in [0.3, 0.4) is 0 Å². The first kappa shape index (κ1) is 17.4. The normalized spacial score (nSPS) is 22.6. The molecular weight excluding hydrogens is 298 g/mol. The molecule has 4 nitrogen and oxygen atoms in total. The number of rotatable bonds is 6. The van der Waals surface area contributed by atoms with E-state index in [-0.39, 0.29) is 17.9 Å². The number of amides is 1. The SMILES string of the molecule is CC1CCN(C(CNC(=O)C(C)C2CNC2)c2ccccc2)CC1. The Morgan fingerprint density at radius 3 is 2.50 bits per heavy atom. The zero-order valence-electron chi connectivity index (χ0n) is 15.0. The molecular formula is C20H31N3O. The summed E-state index contributed by atoms with van der Waals surface area (Å²) in [6.07, 6.45) is 2.50. The number of carbonyl (C=O) groups excluding carboxylic acids is 1. The van der Waals surface area contributed by atoms with Gasteiger partial charge >= 0.3 is 0 Å². The van der Waals surface area contributed by atoms with Crippen molar-refractivity contribution < 1.29 is 4.79 Å². The average molecular weight is 329 g/mol. The number of hydrogen-bond donors (Lipinski definition) is 2. The van der Waals surface area contributed by atoms with Gasteiger partial charge in [0.1, 0.15) is 0 Å². The maximum atomic E-state index is 12.5. The summed E-state index contributed by atoms with van der Waals surface area (Å²) < 4.78 is 0. The summed E-state index contributed by atoms with van der Waals surface area (Å²) in [5.41, 5.74) is 1.31. The minimum absolute atomic E-state index is 0.101. The Kier molecular flexibility index (Phi) is 5.90. The second kappa shape index (κ2) is 8.13. The van der Waals surface area contributed by atoms with Crippen LogP contribution in [0.25, 0.3) is 0 Å². The van der Waals surface area contributed by atoms with Crippen LogP contribution < -0.4 is 10.6 Å². The maximum absolute atomic E-state index is 12.5. The van der Waals surface area contributed by atoms with Crippen LogP contribution in [0.1, 0.15) is 38.3 Å². The Labute approximate surface area is 146 Å². The van der Waals surface area contributed by atoms with E-state index < -0.39 is 0 Å². The number of likely N-dealkylation sites (tertiary alicyclic amines) is 1. The van der Waals surface area contributed by atoms with E-state index in [2.05, 4.69) is 59.7 Å². The van der Waals surface area contributed by atoms with Gasteiger partial charge < -0.3 is 10.6 Å². The van der Waals surface area contributed by atoms with E-state index >= 15 is 0 Å². The molecule has 1 aromatic rings. The van der Waals surface area contributed by atoms with Gasteiger partial charge in [-0.05, 0) is 56.4 Å². The van der Waals surface area contributed by atoms with Crippen molar-refractivity contribution in [1.82, 2.24) is 15.5 Å². The third-order valence-electron chi connectivity index (χ3n) is 5.85. The predicted molar refractivity (Wildman–Crippen MR) is 97.7 cm³/mol. The third-order valence-corrected chi connectivity index (χ3v) is 5.85. The molecule has 24 heavy (non-hydrogen) atoms. The monoisotopic (exact) mass is 329 g/mol. The van der Waals surface area contributed by atoms with Crippen LogP contribution in [-0.2, 0) is 4.79 Å². The fourth-order valence-electron chi connectivity index (χ4n) is 3.71. The Morgan fingerprint density at radius 1 is 1.25 bits per heavy atom. The van der Waals surface area contributed by atoms with Crippen molar-refractivity contribution in [2.24, 2.45) is 17.8 Å². The molecule has 2 saturated heterocycles. The van der Waals surface area contributed by atoms with Gasteiger partial charge in [-0.15, -0.1) is 0 Å². The second-order valence-corrected chi connectivity index (χ2v) is 7.60. The first-order chi connectivity index (χ1) is 11.6. The van der Waals surface area contributed by atoms with E-state index in [1.54, 1.807) is 0 Å². The number of nitrogens with zero attached hydrogens (tertiary/aromatic N) is 1. The van der Waals surface area contributed by atoms with Crippen LogP contribution >= 0.6 is 0 Å². The van der Waals surface area contributed by atoms with Gasteiger partial charge in [0.05, 0.1) is 6.04 Å². The van der Waals surface area contributed by atoms with Gasteiger partial charge in [0, 0.05) is 12.5 Å². The third kappa shape index (κ3) is 4.17. The minimum atomic E-state index is 0.101. The first-order valence-corrected chi connectivity index (χ1v) is 9.42. The molecule has 2 aliphatic rings. The highest BCUT2D eigenvalue weighted by molar-refractivity contribution is 5.78. The molecule has 2 N–H and O–H groups in total. The van der Waals surface area contributed by atoms with Gasteiger partial charge in [-0.25, -0.2) is 0 Å². The van der Waals surface area contributed by atoms with E-state index in [0.29, 0.717) is 12.5 Å². The van der Waals surface area contributed by atoms with Crippen molar-refractivity contribution in [3.63, 3.8) is 0 Å². The molecule has 2 unspecified atom stereocenters. The number of nitrogens with one attached hydrogen (secondary N) is 2. The summed E-state index contributed by atoms with van der Waals surface area (Å²) in [5.74, 6) is 1.62. The first-order valence-electron chi connectivity index (χ1n) is 9.42.